The summed E-state index contributed by atoms with van der Waals surface area (Å²) in [6.07, 6.45) is 70.2. The monoisotopic (exact) mass is 1460 g/mol. The zero-order valence-corrected chi connectivity index (χ0v) is 66.5. The van der Waals surface area contributed by atoms with Gasteiger partial charge in [-0.1, -0.05) is 360 Å². The third-order valence-corrected chi connectivity index (χ3v) is 20.4. The van der Waals surface area contributed by atoms with Crippen molar-refractivity contribution < 1.29 is 80.2 Å². The number of phosphoric acid groups is 2. The van der Waals surface area contributed by atoms with Crippen LogP contribution in [0.1, 0.15) is 413 Å². The molecule has 17 nitrogen and oxygen atoms in total. The summed E-state index contributed by atoms with van der Waals surface area (Å²) < 4.78 is 68.6. The largest absolute Gasteiger partial charge is 0.472 e. The van der Waals surface area contributed by atoms with Gasteiger partial charge in [-0.2, -0.15) is 0 Å². The number of unbranched alkanes of at least 4 members (excludes halogenated alkanes) is 51. The van der Waals surface area contributed by atoms with Crippen LogP contribution in [-0.2, 0) is 65.4 Å². The lowest BCUT2D eigenvalue weighted by Gasteiger charge is -2.21. The van der Waals surface area contributed by atoms with E-state index >= 15 is 0 Å². The number of ether oxygens (including phenoxy) is 4. The Morgan fingerprint density at radius 3 is 0.730 bits per heavy atom. The first-order valence-electron chi connectivity index (χ1n) is 41.6. The lowest BCUT2D eigenvalue weighted by molar-refractivity contribution is -0.161. The van der Waals surface area contributed by atoms with E-state index in [2.05, 4.69) is 52.0 Å². The molecular weight excluding hydrogens is 1310 g/mol. The second-order valence-electron chi connectivity index (χ2n) is 28.5. The number of aliphatic hydroxyl groups is 1. The summed E-state index contributed by atoms with van der Waals surface area (Å²) in [5.41, 5.74) is 0. The first-order chi connectivity index (χ1) is 48.7. The van der Waals surface area contributed by atoms with Crippen molar-refractivity contribution in [3.05, 3.63) is 24.3 Å². The van der Waals surface area contributed by atoms with E-state index in [1.807, 2.05) is 0 Å². The summed E-state index contributed by atoms with van der Waals surface area (Å²) in [4.78, 5) is 72.9. The van der Waals surface area contributed by atoms with E-state index in [9.17, 15) is 43.2 Å². The van der Waals surface area contributed by atoms with Crippen LogP contribution >= 0.6 is 15.6 Å². The molecule has 0 radical (unpaired) electrons. The molecule has 0 heterocycles. The number of phosphoric ester groups is 2. The lowest BCUT2D eigenvalue weighted by atomic mass is 10.0. The molecule has 0 amide bonds. The lowest BCUT2D eigenvalue weighted by Crippen LogP contribution is -2.30. The van der Waals surface area contributed by atoms with Crippen LogP contribution in [0.4, 0.5) is 0 Å². The summed E-state index contributed by atoms with van der Waals surface area (Å²) in [6, 6.07) is 0. The average molecular weight is 1460 g/mol. The van der Waals surface area contributed by atoms with Crippen molar-refractivity contribution in [3.8, 4) is 0 Å². The molecule has 19 heteroatoms. The quantitative estimate of drug-likeness (QED) is 0.0169. The number of hydrogen-bond acceptors (Lipinski definition) is 15. The van der Waals surface area contributed by atoms with Crippen LogP contribution in [0.25, 0.3) is 0 Å². The summed E-state index contributed by atoms with van der Waals surface area (Å²) >= 11 is 0. The smallest absolute Gasteiger partial charge is 0.462 e. The molecule has 0 bridgehead atoms. The zero-order valence-electron chi connectivity index (χ0n) is 64.7. The van der Waals surface area contributed by atoms with Gasteiger partial charge in [0.2, 0.25) is 0 Å². The molecule has 0 aromatic carbocycles. The number of carbonyl (C=O) groups excluding carboxylic acids is 4. The van der Waals surface area contributed by atoms with E-state index in [0.717, 1.165) is 103 Å². The molecular formula is C81H154O17P2. The van der Waals surface area contributed by atoms with E-state index in [4.69, 9.17) is 37.0 Å². The molecule has 0 saturated heterocycles. The predicted molar refractivity (Wildman–Crippen MR) is 409 cm³/mol. The maximum atomic E-state index is 13.1. The highest BCUT2D eigenvalue weighted by Gasteiger charge is 2.30. The second-order valence-corrected chi connectivity index (χ2v) is 31.4. The number of aliphatic hydroxyl groups excluding tert-OH is 1. The summed E-state index contributed by atoms with van der Waals surface area (Å²) in [6.45, 7) is 4.94. The fourth-order valence-electron chi connectivity index (χ4n) is 12.1. The summed E-state index contributed by atoms with van der Waals surface area (Å²) in [5.74, 6) is -2.14. The van der Waals surface area contributed by atoms with Crippen molar-refractivity contribution in [2.45, 2.75) is 431 Å². The first-order valence-corrected chi connectivity index (χ1v) is 44.6. The molecule has 100 heavy (non-hydrogen) atoms. The highest BCUT2D eigenvalue weighted by atomic mass is 31.2. The van der Waals surface area contributed by atoms with Gasteiger partial charge in [0.15, 0.2) is 12.2 Å². The molecule has 0 saturated carbocycles. The van der Waals surface area contributed by atoms with Gasteiger partial charge < -0.3 is 33.8 Å². The average Bonchev–Trinajstić information content (AvgIpc) is 0.955. The van der Waals surface area contributed by atoms with Crippen LogP contribution in [0.3, 0.4) is 0 Å². The minimum absolute atomic E-state index is 0.0856. The number of carbonyl (C=O) groups is 4. The van der Waals surface area contributed by atoms with Crippen molar-refractivity contribution in [3.63, 3.8) is 0 Å². The standard InChI is InChI=1S/C81H154O17P2/c1-5-9-13-17-21-25-28-31-34-36-37-38-39-42-45-48-52-56-60-64-68-81(86)98-77(72-92-79(84)66-62-58-54-50-46-43-41-35-32-29-26-22-18-14-10-6-2)74-96-100(89,90)94-70-75(82)69-93-99(87,88)95-73-76(71-91-78(83)65-61-57-53-49-24-20-16-12-8-4)97-80(85)67-63-59-55-51-47-44-40-33-30-27-23-19-15-11-7-3/h27,30,33,40,75-77,82H,5-26,28-29,31-32,34-39,41-74H2,1-4H3,(H,87,88)(H,89,90)/b30-27-,40-33-/t75-,76+,77+/m0/s1. The van der Waals surface area contributed by atoms with Crippen molar-refractivity contribution in [1.82, 2.24) is 0 Å². The Kier molecular flexibility index (Phi) is 73.0. The molecule has 0 rings (SSSR count). The number of hydrogen-bond donors (Lipinski definition) is 3. The first kappa shape index (κ1) is 97.5. The maximum absolute atomic E-state index is 13.1. The van der Waals surface area contributed by atoms with Crippen LogP contribution in [0.5, 0.6) is 0 Å². The highest BCUT2D eigenvalue weighted by molar-refractivity contribution is 7.47. The van der Waals surface area contributed by atoms with Gasteiger partial charge in [0, 0.05) is 25.7 Å². The normalized spacial score (nSPS) is 13.9. The van der Waals surface area contributed by atoms with Crippen LogP contribution in [-0.4, -0.2) is 96.7 Å². The number of esters is 4. The van der Waals surface area contributed by atoms with Crippen LogP contribution in [0, 0.1) is 0 Å². The third-order valence-electron chi connectivity index (χ3n) is 18.5. The topological polar surface area (TPSA) is 237 Å². The minimum Gasteiger partial charge on any atom is -0.462 e. The second kappa shape index (κ2) is 74.8. The van der Waals surface area contributed by atoms with Crippen molar-refractivity contribution in [2.24, 2.45) is 0 Å². The molecule has 0 aliphatic rings. The molecule has 2 unspecified atom stereocenters. The number of rotatable bonds is 80. The zero-order chi connectivity index (χ0) is 73.2. The van der Waals surface area contributed by atoms with Crippen molar-refractivity contribution in [1.29, 1.82) is 0 Å². The van der Waals surface area contributed by atoms with Crippen molar-refractivity contribution in [2.75, 3.05) is 39.6 Å². The van der Waals surface area contributed by atoms with Crippen LogP contribution < -0.4 is 0 Å². The Balaban J connectivity index is 5.24. The van der Waals surface area contributed by atoms with Crippen LogP contribution in [0.2, 0.25) is 0 Å². The Labute approximate surface area is 612 Å². The fraction of sp³-hybridized carbons (Fsp3) is 0.901. The van der Waals surface area contributed by atoms with Gasteiger partial charge in [0.25, 0.3) is 0 Å². The highest BCUT2D eigenvalue weighted by Crippen LogP contribution is 2.45. The van der Waals surface area contributed by atoms with E-state index in [-0.39, 0.29) is 25.7 Å². The van der Waals surface area contributed by atoms with Gasteiger partial charge in [0.05, 0.1) is 26.4 Å². The molecule has 0 aromatic heterocycles. The molecule has 0 spiro atoms. The number of allylic oxidation sites excluding steroid dienone is 4. The Hall–Kier alpha value is -2.46. The molecule has 0 fully saturated rings. The van der Waals surface area contributed by atoms with Gasteiger partial charge in [-0.3, -0.25) is 37.3 Å². The predicted octanol–water partition coefficient (Wildman–Crippen LogP) is 24.1. The Morgan fingerprint density at radius 1 is 0.280 bits per heavy atom. The Bertz CT molecular complexity index is 1990. The maximum Gasteiger partial charge on any atom is 0.472 e. The molecule has 590 valence electrons. The minimum atomic E-state index is -4.96. The molecule has 0 aliphatic carbocycles. The van der Waals surface area contributed by atoms with E-state index in [1.54, 1.807) is 0 Å². The summed E-state index contributed by atoms with van der Waals surface area (Å²) in [7, 11) is -9.93. The van der Waals surface area contributed by atoms with Crippen LogP contribution in [0.15, 0.2) is 24.3 Å². The van der Waals surface area contributed by atoms with Crippen molar-refractivity contribution >= 4 is 39.5 Å². The van der Waals surface area contributed by atoms with Gasteiger partial charge in [0.1, 0.15) is 19.3 Å². The fourth-order valence-corrected chi connectivity index (χ4v) is 13.7. The third kappa shape index (κ3) is 73.8. The summed E-state index contributed by atoms with van der Waals surface area (Å²) in [5, 5.41) is 10.6. The molecule has 3 N–H and O–H groups in total. The van der Waals surface area contributed by atoms with E-state index in [0.29, 0.717) is 25.7 Å². The Morgan fingerprint density at radius 2 is 0.480 bits per heavy atom. The van der Waals surface area contributed by atoms with E-state index in [1.165, 1.54) is 231 Å². The van der Waals surface area contributed by atoms with Gasteiger partial charge in [-0.15, -0.1) is 0 Å². The van der Waals surface area contributed by atoms with Gasteiger partial charge in [-0.25, -0.2) is 9.13 Å². The molecule has 0 aromatic rings. The molecule has 5 atom stereocenters. The van der Waals surface area contributed by atoms with E-state index < -0.39 is 97.5 Å². The SMILES string of the molecule is CCCCCC/C=C\C=C/CCCCCCCC(=O)O[C@H](COC(=O)CCCCCCCCCCC)COP(=O)(O)OC[C@H](O)COP(=O)(O)OC[C@@H](COC(=O)CCCCCCCCCCCCCCCCCC)OC(=O)CCCCCCCCCCCCCCCCCCCCCC. The van der Waals surface area contributed by atoms with Gasteiger partial charge >= 0.3 is 39.5 Å². The molecule has 0 aliphatic heterocycles. The van der Waals surface area contributed by atoms with Gasteiger partial charge in [-0.05, 0) is 51.4 Å².